The molecule has 7 heteroatoms. The largest absolute Gasteiger partial charge is 0.307 e. The van der Waals surface area contributed by atoms with Crippen LogP contribution in [0.15, 0.2) is 152 Å². The summed E-state index contributed by atoms with van der Waals surface area (Å²) in [5, 5.41) is 5.46. The van der Waals surface area contributed by atoms with E-state index in [-0.39, 0.29) is 0 Å². The minimum Gasteiger partial charge on any atom is -0.307 e. The van der Waals surface area contributed by atoms with Crippen LogP contribution < -0.4 is 0 Å². The summed E-state index contributed by atoms with van der Waals surface area (Å²) in [4.78, 5) is 24.4. The van der Waals surface area contributed by atoms with Crippen LogP contribution >= 0.6 is 0 Å². The second kappa shape index (κ2) is 10.4. The Morgan fingerprint density at radius 2 is 1.06 bits per heavy atom. The van der Waals surface area contributed by atoms with E-state index in [1.807, 2.05) is 66.9 Å². The van der Waals surface area contributed by atoms with Crippen LogP contribution in [0.3, 0.4) is 0 Å². The van der Waals surface area contributed by atoms with E-state index in [9.17, 15) is 0 Å². The molecule has 0 N–H and O–H groups in total. The van der Waals surface area contributed by atoms with Crippen molar-refractivity contribution in [3.05, 3.63) is 152 Å². The van der Waals surface area contributed by atoms with Crippen LogP contribution in [0.4, 0.5) is 0 Å². The fourth-order valence-electron chi connectivity index (χ4n) is 6.97. The molecule has 4 heterocycles. The van der Waals surface area contributed by atoms with Crippen LogP contribution in [0, 0.1) is 0 Å². The van der Waals surface area contributed by atoms with E-state index in [1.165, 1.54) is 5.39 Å². The highest BCUT2D eigenvalue weighted by molar-refractivity contribution is 6.24. The molecular formula is C41H25N7. The van der Waals surface area contributed by atoms with Gasteiger partial charge in [-0.25, -0.2) is 15.0 Å². The minimum absolute atomic E-state index is 0.536. The number of hydrogen-bond donors (Lipinski definition) is 0. The zero-order chi connectivity index (χ0) is 31.6. The Kier molecular flexibility index (Phi) is 5.74. The van der Waals surface area contributed by atoms with Gasteiger partial charge in [0, 0.05) is 49.9 Å². The topological polar surface area (TPSA) is 74.3 Å². The molecule has 224 valence electrons. The average Bonchev–Trinajstić information content (AvgIpc) is 3.67. The third kappa shape index (κ3) is 3.98. The predicted molar refractivity (Wildman–Crippen MR) is 192 cm³/mol. The molecule has 0 bridgehead atoms. The smallest absolute Gasteiger partial charge is 0.238 e. The molecule has 0 radical (unpaired) electrons. The van der Waals surface area contributed by atoms with Gasteiger partial charge in [0.25, 0.3) is 0 Å². The Hall–Kier alpha value is -6.73. The molecule has 0 aliphatic heterocycles. The van der Waals surface area contributed by atoms with E-state index < -0.39 is 0 Å². The van der Waals surface area contributed by atoms with E-state index in [1.54, 1.807) is 6.33 Å². The molecule has 0 spiro atoms. The summed E-state index contributed by atoms with van der Waals surface area (Å²) in [6, 6.07) is 48.1. The Balaban J connectivity index is 1.43. The second-order valence-electron chi connectivity index (χ2n) is 11.8. The molecule has 10 rings (SSSR count). The number of benzene rings is 6. The minimum atomic E-state index is 0.536. The molecule has 0 saturated carbocycles. The first-order valence-electron chi connectivity index (χ1n) is 15.8. The quantitative estimate of drug-likeness (QED) is 0.197. The van der Waals surface area contributed by atoms with Crippen molar-refractivity contribution < 1.29 is 0 Å². The standard InChI is InChI=1S/C41H25N7/c1-4-12-26(13-5-1)39-44-40(27-14-6-2-7-15-27)46-41(45-39)48-36-23-34-28(24-42-25-43-34)22-33(36)32-21-20-31-30-18-10-11-19-35(30)47(37(31)38(32)48)29-16-8-3-9-17-29/h1-25H. The molecule has 0 aliphatic carbocycles. The van der Waals surface area contributed by atoms with Crippen molar-refractivity contribution in [2.24, 2.45) is 0 Å². The molecule has 0 fully saturated rings. The first kappa shape index (κ1) is 26.5. The van der Waals surface area contributed by atoms with E-state index in [2.05, 4.69) is 98.0 Å². The average molecular weight is 616 g/mol. The maximum Gasteiger partial charge on any atom is 0.238 e. The van der Waals surface area contributed by atoms with Gasteiger partial charge < -0.3 is 4.57 Å². The van der Waals surface area contributed by atoms with E-state index >= 15 is 0 Å². The lowest BCUT2D eigenvalue weighted by molar-refractivity contribution is 0.953. The summed E-state index contributed by atoms with van der Waals surface area (Å²) in [6.45, 7) is 0. The van der Waals surface area contributed by atoms with Crippen molar-refractivity contribution in [2.75, 3.05) is 0 Å². The van der Waals surface area contributed by atoms with Gasteiger partial charge in [0.1, 0.15) is 6.33 Å². The molecule has 4 aromatic heterocycles. The van der Waals surface area contributed by atoms with Gasteiger partial charge >= 0.3 is 0 Å². The Morgan fingerprint density at radius 1 is 0.458 bits per heavy atom. The normalized spacial score (nSPS) is 11.8. The van der Waals surface area contributed by atoms with Crippen LogP contribution in [0.5, 0.6) is 0 Å². The summed E-state index contributed by atoms with van der Waals surface area (Å²) in [5.41, 5.74) is 7.94. The van der Waals surface area contributed by atoms with Crippen molar-refractivity contribution in [1.82, 2.24) is 34.1 Å². The monoisotopic (exact) mass is 615 g/mol. The van der Waals surface area contributed by atoms with Gasteiger partial charge in [0.15, 0.2) is 11.6 Å². The number of para-hydroxylation sites is 2. The van der Waals surface area contributed by atoms with Crippen molar-refractivity contribution in [2.45, 2.75) is 0 Å². The fourth-order valence-corrected chi connectivity index (χ4v) is 6.97. The zero-order valence-corrected chi connectivity index (χ0v) is 25.6. The molecule has 10 aromatic rings. The Labute approximate surface area is 274 Å². The van der Waals surface area contributed by atoms with Gasteiger partial charge in [-0.3, -0.25) is 4.57 Å². The maximum atomic E-state index is 5.21. The van der Waals surface area contributed by atoms with Crippen LogP contribution in [0.1, 0.15) is 0 Å². The molecule has 6 aromatic carbocycles. The molecule has 7 nitrogen and oxygen atoms in total. The lowest BCUT2D eigenvalue weighted by atomic mass is 10.1. The lowest BCUT2D eigenvalue weighted by Gasteiger charge is -2.13. The first-order chi connectivity index (χ1) is 23.8. The van der Waals surface area contributed by atoms with Gasteiger partial charge in [0.2, 0.25) is 5.95 Å². The highest BCUT2D eigenvalue weighted by atomic mass is 15.2. The third-order valence-corrected chi connectivity index (χ3v) is 9.09. The Morgan fingerprint density at radius 3 is 1.77 bits per heavy atom. The summed E-state index contributed by atoms with van der Waals surface area (Å²) in [5.74, 6) is 1.75. The molecule has 0 atom stereocenters. The van der Waals surface area contributed by atoms with Crippen LogP contribution in [-0.2, 0) is 0 Å². The Bertz CT molecular complexity index is 2760. The van der Waals surface area contributed by atoms with Crippen molar-refractivity contribution in [3.8, 4) is 34.4 Å². The number of nitrogens with zero attached hydrogens (tertiary/aromatic N) is 7. The molecule has 0 unspecified atom stereocenters. The fraction of sp³-hybridized carbons (Fsp3) is 0. The van der Waals surface area contributed by atoms with Crippen molar-refractivity contribution in [3.63, 3.8) is 0 Å². The van der Waals surface area contributed by atoms with Crippen LogP contribution in [0.25, 0.3) is 88.9 Å². The van der Waals surface area contributed by atoms with Crippen LogP contribution in [-0.4, -0.2) is 34.1 Å². The number of rotatable bonds is 4. The number of fused-ring (bicyclic) bond motifs is 8. The van der Waals surface area contributed by atoms with Gasteiger partial charge in [-0.1, -0.05) is 109 Å². The summed E-state index contributed by atoms with van der Waals surface area (Å²) in [6.07, 6.45) is 3.46. The van der Waals surface area contributed by atoms with E-state index in [0.29, 0.717) is 17.6 Å². The van der Waals surface area contributed by atoms with Crippen molar-refractivity contribution >= 4 is 54.5 Å². The zero-order valence-electron chi connectivity index (χ0n) is 25.6. The molecule has 0 saturated heterocycles. The highest BCUT2D eigenvalue weighted by Gasteiger charge is 2.24. The van der Waals surface area contributed by atoms with Gasteiger partial charge in [-0.05, 0) is 30.3 Å². The van der Waals surface area contributed by atoms with Gasteiger partial charge in [-0.2, -0.15) is 9.97 Å². The van der Waals surface area contributed by atoms with Crippen LogP contribution in [0.2, 0.25) is 0 Å². The SMILES string of the molecule is c1ccc(-c2nc(-c3ccccc3)nc(-n3c4cc5ncncc5cc4c4ccc5c6ccccc6n(-c6ccccc6)c5c43)n2)cc1. The second-order valence-corrected chi connectivity index (χ2v) is 11.8. The predicted octanol–water partition coefficient (Wildman–Crippen LogP) is 9.34. The first-order valence-corrected chi connectivity index (χ1v) is 15.8. The lowest BCUT2D eigenvalue weighted by Crippen LogP contribution is -2.07. The molecular weight excluding hydrogens is 591 g/mol. The summed E-state index contributed by atoms with van der Waals surface area (Å²) < 4.78 is 4.56. The number of aromatic nitrogens is 7. The maximum absolute atomic E-state index is 5.21. The highest BCUT2D eigenvalue weighted by Crippen LogP contribution is 2.42. The van der Waals surface area contributed by atoms with Gasteiger partial charge in [-0.15, -0.1) is 0 Å². The van der Waals surface area contributed by atoms with E-state index in [0.717, 1.165) is 65.9 Å². The molecule has 0 aliphatic rings. The summed E-state index contributed by atoms with van der Waals surface area (Å²) >= 11 is 0. The van der Waals surface area contributed by atoms with Crippen molar-refractivity contribution in [1.29, 1.82) is 0 Å². The van der Waals surface area contributed by atoms with E-state index in [4.69, 9.17) is 15.0 Å². The van der Waals surface area contributed by atoms with Gasteiger partial charge in [0.05, 0.1) is 27.6 Å². The summed E-state index contributed by atoms with van der Waals surface area (Å²) in [7, 11) is 0. The third-order valence-electron chi connectivity index (χ3n) is 9.09. The number of hydrogen-bond acceptors (Lipinski definition) is 5. The molecule has 48 heavy (non-hydrogen) atoms. The molecule has 0 amide bonds.